The van der Waals surface area contributed by atoms with E-state index in [9.17, 15) is 0 Å². The zero-order valence-electron chi connectivity index (χ0n) is 8.76. The molecular formula is C11H22S2. The van der Waals surface area contributed by atoms with Gasteiger partial charge in [0.25, 0.3) is 0 Å². The van der Waals surface area contributed by atoms with Crippen LogP contribution in [0, 0.1) is 0 Å². The van der Waals surface area contributed by atoms with Crippen LogP contribution in [0.25, 0.3) is 0 Å². The maximum absolute atomic E-state index is 2.28. The van der Waals surface area contributed by atoms with Crippen LogP contribution in [0.2, 0.25) is 0 Å². The van der Waals surface area contributed by atoms with Gasteiger partial charge in [0.2, 0.25) is 0 Å². The Morgan fingerprint density at radius 1 is 1.15 bits per heavy atom. The molecule has 1 saturated heterocycles. The molecule has 0 radical (unpaired) electrons. The smallest absolute Gasteiger partial charge is 0.0229 e. The van der Waals surface area contributed by atoms with E-state index in [0.29, 0.717) is 0 Å². The maximum Gasteiger partial charge on any atom is 0.0229 e. The summed E-state index contributed by atoms with van der Waals surface area (Å²) in [5.41, 5.74) is 0. The minimum Gasteiger partial charge on any atom is -0.161 e. The molecule has 0 aliphatic carbocycles. The highest BCUT2D eigenvalue weighted by atomic mass is 32.2. The first-order valence-electron chi connectivity index (χ1n) is 5.63. The van der Waals surface area contributed by atoms with Crippen molar-refractivity contribution in [2.75, 3.05) is 17.3 Å². The summed E-state index contributed by atoms with van der Waals surface area (Å²) in [6.07, 6.45) is 8.64. The lowest BCUT2D eigenvalue weighted by atomic mass is 10.1. The molecule has 0 aromatic heterocycles. The Hall–Kier alpha value is 0.700. The first kappa shape index (κ1) is 11.8. The average molecular weight is 218 g/mol. The number of hydrogen-bond acceptors (Lipinski definition) is 2. The summed E-state index contributed by atoms with van der Waals surface area (Å²) >= 11 is 4.29. The van der Waals surface area contributed by atoms with Crippen molar-refractivity contribution < 1.29 is 0 Å². The SMILES string of the molecule is CCCCCCCCSCC1CS1. The predicted octanol–water partition coefficient (Wildman–Crippen LogP) is 4.20. The lowest BCUT2D eigenvalue weighted by molar-refractivity contribution is 0.627. The van der Waals surface area contributed by atoms with Gasteiger partial charge in [-0.2, -0.15) is 23.5 Å². The van der Waals surface area contributed by atoms with Gasteiger partial charge < -0.3 is 0 Å². The van der Waals surface area contributed by atoms with Crippen LogP contribution in [-0.4, -0.2) is 22.5 Å². The van der Waals surface area contributed by atoms with E-state index in [1.807, 2.05) is 0 Å². The topological polar surface area (TPSA) is 0 Å². The lowest BCUT2D eigenvalue weighted by Crippen LogP contribution is -1.89. The highest BCUT2D eigenvalue weighted by Crippen LogP contribution is 2.33. The number of thioether (sulfide) groups is 2. The van der Waals surface area contributed by atoms with Gasteiger partial charge in [0, 0.05) is 16.8 Å². The Morgan fingerprint density at radius 2 is 1.85 bits per heavy atom. The third kappa shape index (κ3) is 7.75. The van der Waals surface area contributed by atoms with E-state index < -0.39 is 0 Å². The van der Waals surface area contributed by atoms with E-state index in [-0.39, 0.29) is 0 Å². The van der Waals surface area contributed by atoms with Gasteiger partial charge in [-0.05, 0) is 12.2 Å². The van der Waals surface area contributed by atoms with Crippen LogP contribution >= 0.6 is 23.5 Å². The van der Waals surface area contributed by atoms with E-state index >= 15 is 0 Å². The van der Waals surface area contributed by atoms with Gasteiger partial charge in [0.15, 0.2) is 0 Å². The molecular weight excluding hydrogens is 196 g/mol. The van der Waals surface area contributed by atoms with Gasteiger partial charge in [0.05, 0.1) is 0 Å². The van der Waals surface area contributed by atoms with Crippen LogP contribution in [0.3, 0.4) is 0 Å². The monoisotopic (exact) mass is 218 g/mol. The highest BCUT2D eigenvalue weighted by molar-refractivity contribution is 8.08. The summed E-state index contributed by atoms with van der Waals surface area (Å²) in [6.45, 7) is 2.28. The third-order valence-corrected chi connectivity index (χ3v) is 4.75. The van der Waals surface area contributed by atoms with E-state index in [0.717, 1.165) is 5.25 Å². The average Bonchev–Trinajstić information content (AvgIpc) is 2.93. The van der Waals surface area contributed by atoms with Gasteiger partial charge in [-0.1, -0.05) is 39.0 Å². The molecule has 1 atom stereocenters. The van der Waals surface area contributed by atoms with Crippen LogP contribution < -0.4 is 0 Å². The normalized spacial score (nSPS) is 20.5. The number of unbranched alkanes of at least 4 members (excludes halogenated alkanes) is 5. The van der Waals surface area contributed by atoms with Crippen molar-refractivity contribution in [3.05, 3.63) is 0 Å². The Morgan fingerprint density at radius 3 is 2.54 bits per heavy atom. The van der Waals surface area contributed by atoms with E-state index in [1.165, 1.54) is 55.8 Å². The van der Waals surface area contributed by atoms with E-state index in [4.69, 9.17) is 0 Å². The standard InChI is InChI=1S/C11H22S2/c1-2-3-4-5-6-7-8-12-9-11-10-13-11/h11H,2-10H2,1H3. The molecule has 0 amide bonds. The molecule has 0 nitrogen and oxygen atoms in total. The van der Waals surface area contributed by atoms with Gasteiger partial charge >= 0.3 is 0 Å². The largest absolute Gasteiger partial charge is 0.161 e. The second-order valence-electron chi connectivity index (χ2n) is 3.80. The van der Waals surface area contributed by atoms with Crippen molar-refractivity contribution >= 4 is 23.5 Å². The van der Waals surface area contributed by atoms with Crippen molar-refractivity contribution in [2.45, 2.75) is 50.7 Å². The second kappa shape index (κ2) is 8.05. The van der Waals surface area contributed by atoms with Crippen molar-refractivity contribution in [1.29, 1.82) is 0 Å². The minimum absolute atomic E-state index is 1.03. The molecule has 1 heterocycles. The number of rotatable bonds is 9. The zero-order chi connectivity index (χ0) is 9.36. The summed E-state index contributed by atoms with van der Waals surface area (Å²) in [7, 11) is 0. The quantitative estimate of drug-likeness (QED) is 0.420. The first-order valence-corrected chi connectivity index (χ1v) is 7.83. The van der Waals surface area contributed by atoms with Gasteiger partial charge in [-0.15, -0.1) is 0 Å². The third-order valence-electron chi connectivity index (χ3n) is 2.35. The fourth-order valence-corrected chi connectivity index (χ4v) is 3.40. The maximum atomic E-state index is 2.28. The fourth-order valence-electron chi connectivity index (χ4n) is 1.36. The second-order valence-corrected chi connectivity index (χ2v) is 6.28. The molecule has 1 fully saturated rings. The predicted molar refractivity (Wildman–Crippen MR) is 66.9 cm³/mol. The summed E-state index contributed by atoms with van der Waals surface area (Å²) in [5, 5.41) is 1.03. The highest BCUT2D eigenvalue weighted by Gasteiger charge is 2.21. The summed E-state index contributed by atoms with van der Waals surface area (Å²) in [5.74, 6) is 4.26. The first-order chi connectivity index (χ1) is 6.43. The van der Waals surface area contributed by atoms with Crippen molar-refractivity contribution in [3.8, 4) is 0 Å². The summed E-state index contributed by atoms with van der Waals surface area (Å²) in [6, 6.07) is 0. The van der Waals surface area contributed by atoms with Gasteiger partial charge in [0.1, 0.15) is 0 Å². The number of hydrogen-bond donors (Lipinski definition) is 0. The molecule has 0 spiro atoms. The molecule has 1 aliphatic heterocycles. The van der Waals surface area contributed by atoms with Gasteiger partial charge in [-0.25, -0.2) is 0 Å². The van der Waals surface area contributed by atoms with Crippen molar-refractivity contribution in [3.63, 3.8) is 0 Å². The molecule has 1 unspecified atom stereocenters. The molecule has 1 rings (SSSR count). The lowest BCUT2D eigenvalue weighted by Gasteiger charge is -2.00. The Kier molecular flexibility index (Phi) is 7.29. The van der Waals surface area contributed by atoms with Crippen LogP contribution in [0.4, 0.5) is 0 Å². The molecule has 0 N–H and O–H groups in total. The molecule has 0 bridgehead atoms. The van der Waals surface area contributed by atoms with E-state index in [1.54, 1.807) is 0 Å². The van der Waals surface area contributed by atoms with Crippen LogP contribution in [0.5, 0.6) is 0 Å². The van der Waals surface area contributed by atoms with Crippen LogP contribution in [0.15, 0.2) is 0 Å². The molecule has 1 aliphatic rings. The Bertz CT molecular complexity index is 111. The molecule has 13 heavy (non-hydrogen) atoms. The Balaban J connectivity index is 1.63. The molecule has 2 heteroatoms. The fraction of sp³-hybridized carbons (Fsp3) is 1.00. The van der Waals surface area contributed by atoms with Gasteiger partial charge in [-0.3, -0.25) is 0 Å². The molecule has 78 valence electrons. The Labute approximate surface area is 91.6 Å². The molecule has 0 aromatic rings. The molecule has 0 saturated carbocycles. The minimum atomic E-state index is 1.03. The summed E-state index contributed by atoms with van der Waals surface area (Å²) in [4.78, 5) is 0. The van der Waals surface area contributed by atoms with E-state index in [2.05, 4.69) is 30.4 Å². The van der Waals surface area contributed by atoms with Crippen molar-refractivity contribution in [1.82, 2.24) is 0 Å². The van der Waals surface area contributed by atoms with Crippen molar-refractivity contribution in [2.24, 2.45) is 0 Å². The summed E-state index contributed by atoms with van der Waals surface area (Å²) < 4.78 is 0. The van der Waals surface area contributed by atoms with Crippen LogP contribution in [-0.2, 0) is 0 Å². The van der Waals surface area contributed by atoms with Crippen LogP contribution in [0.1, 0.15) is 45.4 Å². The zero-order valence-corrected chi connectivity index (χ0v) is 10.4. The molecule has 0 aromatic carbocycles.